The van der Waals surface area contributed by atoms with Crippen LogP contribution in [-0.4, -0.2) is 11.8 Å². The van der Waals surface area contributed by atoms with E-state index in [4.69, 9.17) is 5.73 Å². The monoisotopic (exact) mass is 344 g/mol. The smallest absolute Gasteiger partial charge is 0.228 e. The van der Waals surface area contributed by atoms with Gasteiger partial charge >= 0.3 is 0 Å². The van der Waals surface area contributed by atoms with Gasteiger partial charge in [-0.05, 0) is 40.3 Å². The van der Waals surface area contributed by atoms with Gasteiger partial charge in [-0.15, -0.1) is 0 Å². The van der Waals surface area contributed by atoms with Crippen molar-refractivity contribution in [1.29, 1.82) is 0 Å². The van der Waals surface area contributed by atoms with Crippen molar-refractivity contribution in [3.05, 3.63) is 77.9 Å². The second-order valence-electron chi connectivity index (χ2n) is 6.81. The number of hydrogen-bond donors (Lipinski definition) is 2. The van der Waals surface area contributed by atoms with Gasteiger partial charge in [0.2, 0.25) is 11.8 Å². The zero-order valence-corrected chi connectivity index (χ0v) is 14.3. The Hall–Kier alpha value is -3.14. The largest absolute Gasteiger partial charge is 0.369 e. The number of carbonyl (C=O) groups is 2. The highest BCUT2D eigenvalue weighted by Crippen LogP contribution is 2.50. The molecule has 1 saturated carbocycles. The van der Waals surface area contributed by atoms with Gasteiger partial charge in [-0.1, -0.05) is 60.7 Å². The third kappa shape index (κ3) is 3.18. The van der Waals surface area contributed by atoms with Crippen molar-refractivity contribution < 1.29 is 9.59 Å². The Bertz CT molecular complexity index is 991. The van der Waals surface area contributed by atoms with Gasteiger partial charge in [-0.2, -0.15) is 0 Å². The van der Waals surface area contributed by atoms with E-state index in [9.17, 15) is 9.59 Å². The summed E-state index contributed by atoms with van der Waals surface area (Å²) in [7, 11) is 0. The van der Waals surface area contributed by atoms with Crippen LogP contribution in [0.25, 0.3) is 10.8 Å². The molecule has 3 aromatic carbocycles. The highest BCUT2D eigenvalue weighted by Gasteiger charge is 2.44. The lowest BCUT2D eigenvalue weighted by molar-refractivity contribution is -0.118. The van der Waals surface area contributed by atoms with E-state index >= 15 is 0 Å². The van der Waals surface area contributed by atoms with E-state index in [1.165, 1.54) is 16.3 Å². The Morgan fingerprint density at radius 3 is 2.54 bits per heavy atom. The van der Waals surface area contributed by atoms with Crippen LogP contribution in [-0.2, 0) is 16.0 Å². The molecule has 1 aliphatic carbocycles. The molecule has 4 rings (SSSR count). The van der Waals surface area contributed by atoms with Crippen molar-refractivity contribution >= 4 is 28.3 Å². The van der Waals surface area contributed by atoms with E-state index in [-0.39, 0.29) is 24.2 Å². The maximum atomic E-state index is 12.7. The standard InChI is InChI=1S/C22H20N2O2/c23-21(25)12-15-7-2-4-11-20(15)24-22(26)19-13-18(19)17-10-5-8-14-6-1-3-9-16(14)17/h1-11,18-19H,12-13H2,(H2,23,25)(H,24,26)/t18-,19+/m1/s1. The van der Waals surface area contributed by atoms with Gasteiger partial charge in [0.05, 0.1) is 6.42 Å². The molecule has 0 saturated heterocycles. The predicted octanol–water partition coefficient (Wildman–Crippen LogP) is 3.61. The van der Waals surface area contributed by atoms with Crippen LogP contribution in [0.5, 0.6) is 0 Å². The SMILES string of the molecule is NC(=O)Cc1ccccc1NC(=O)[C@H]1C[C@@H]1c1cccc2ccccc12. The summed E-state index contributed by atoms with van der Waals surface area (Å²) in [6.07, 6.45) is 0.964. The molecule has 0 aromatic heterocycles. The second-order valence-corrected chi connectivity index (χ2v) is 6.81. The number of benzene rings is 3. The fraction of sp³-hybridized carbons (Fsp3) is 0.182. The van der Waals surface area contributed by atoms with Crippen LogP contribution in [0, 0.1) is 5.92 Å². The van der Waals surface area contributed by atoms with Gasteiger partial charge in [-0.25, -0.2) is 0 Å². The maximum absolute atomic E-state index is 12.7. The highest BCUT2D eigenvalue weighted by atomic mass is 16.2. The number of para-hydroxylation sites is 1. The molecule has 1 aliphatic rings. The molecule has 0 radical (unpaired) electrons. The molecule has 4 nitrogen and oxygen atoms in total. The van der Waals surface area contributed by atoms with Crippen LogP contribution in [0.4, 0.5) is 5.69 Å². The number of nitrogens with one attached hydrogen (secondary N) is 1. The normalized spacial score (nSPS) is 18.5. The first-order chi connectivity index (χ1) is 12.6. The number of rotatable bonds is 5. The Balaban J connectivity index is 1.52. The van der Waals surface area contributed by atoms with Gasteiger partial charge in [0, 0.05) is 11.6 Å². The Morgan fingerprint density at radius 1 is 0.962 bits per heavy atom. The summed E-state index contributed by atoms with van der Waals surface area (Å²) in [5, 5.41) is 5.39. The molecular formula is C22H20N2O2. The van der Waals surface area contributed by atoms with E-state index < -0.39 is 5.91 Å². The summed E-state index contributed by atoms with van der Waals surface area (Å²) >= 11 is 0. The summed E-state index contributed by atoms with van der Waals surface area (Å²) in [6, 6.07) is 21.8. The number of amides is 2. The fourth-order valence-corrected chi connectivity index (χ4v) is 3.61. The molecule has 0 aliphatic heterocycles. The summed E-state index contributed by atoms with van der Waals surface area (Å²) in [4.78, 5) is 23.9. The van der Waals surface area contributed by atoms with Crippen LogP contribution in [0.15, 0.2) is 66.7 Å². The lowest BCUT2D eigenvalue weighted by Gasteiger charge is -2.10. The van der Waals surface area contributed by atoms with Gasteiger partial charge in [0.15, 0.2) is 0 Å². The van der Waals surface area contributed by atoms with Crippen LogP contribution in [0.2, 0.25) is 0 Å². The van der Waals surface area contributed by atoms with Crippen molar-refractivity contribution in [2.24, 2.45) is 11.7 Å². The fourth-order valence-electron chi connectivity index (χ4n) is 3.61. The number of fused-ring (bicyclic) bond motifs is 1. The molecule has 0 heterocycles. The zero-order chi connectivity index (χ0) is 18.1. The zero-order valence-electron chi connectivity index (χ0n) is 14.3. The molecule has 26 heavy (non-hydrogen) atoms. The van der Waals surface area contributed by atoms with Crippen molar-refractivity contribution in [3.8, 4) is 0 Å². The van der Waals surface area contributed by atoms with Crippen molar-refractivity contribution in [3.63, 3.8) is 0 Å². The van der Waals surface area contributed by atoms with E-state index in [2.05, 4.69) is 29.6 Å². The Morgan fingerprint density at radius 2 is 1.69 bits per heavy atom. The molecule has 2 atom stereocenters. The van der Waals surface area contributed by atoms with Crippen LogP contribution >= 0.6 is 0 Å². The predicted molar refractivity (Wildman–Crippen MR) is 103 cm³/mol. The minimum absolute atomic E-state index is 0.000135. The molecule has 3 N–H and O–H groups in total. The molecule has 0 bridgehead atoms. The second kappa shape index (κ2) is 6.64. The highest BCUT2D eigenvalue weighted by molar-refractivity contribution is 5.97. The summed E-state index contributed by atoms with van der Waals surface area (Å²) in [5.41, 5.74) is 7.94. The quantitative estimate of drug-likeness (QED) is 0.742. The van der Waals surface area contributed by atoms with Gasteiger partial charge in [0.25, 0.3) is 0 Å². The molecule has 2 amide bonds. The minimum atomic E-state index is -0.410. The Labute approximate surface area is 152 Å². The first-order valence-corrected chi connectivity index (χ1v) is 8.78. The minimum Gasteiger partial charge on any atom is -0.369 e. The van der Waals surface area contributed by atoms with Gasteiger partial charge in [-0.3, -0.25) is 9.59 Å². The Kier molecular flexibility index (Phi) is 4.17. The molecular weight excluding hydrogens is 324 g/mol. The van der Waals surface area contributed by atoms with Crippen molar-refractivity contribution in [1.82, 2.24) is 0 Å². The maximum Gasteiger partial charge on any atom is 0.228 e. The molecule has 4 heteroatoms. The van der Waals surface area contributed by atoms with Crippen LogP contribution in [0.3, 0.4) is 0 Å². The van der Waals surface area contributed by atoms with Gasteiger partial charge in [0.1, 0.15) is 0 Å². The topological polar surface area (TPSA) is 72.2 Å². The first kappa shape index (κ1) is 16.3. The number of primary amides is 1. The summed E-state index contributed by atoms with van der Waals surface area (Å²) in [5.74, 6) is -0.210. The molecule has 3 aromatic rings. The van der Waals surface area contributed by atoms with Crippen LogP contribution in [0.1, 0.15) is 23.5 Å². The van der Waals surface area contributed by atoms with Crippen molar-refractivity contribution in [2.75, 3.05) is 5.32 Å². The van der Waals surface area contributed by atoms with E-state index in [1.807, 2.05) is 42.5 Å². The average molecular weight is 344 g/mol. The first-order valence-electron chi connectivity index (χ1n) is 8.78. The number of hydrogen-bond acceptors (Lipinski definition) is 2. The third-order valence-corrected chi connectivity index (χ3v) is 4.99. The number of nitrogens with two attached hydrogens (primary N) is 1. The van der Waals surface area contributed by atoms with E-state index in [1.54, 1.807) is 0 Å². The third-order valence-electron chi connectivity index (χ3n) is 4.99. The number of anilines is 1. The van der Waals surface area contributed by atoms with E-state index in [0.717, 1.165) is 12.0 Å². The molecule has 1 fully saturated rings. The average Bonchev–Trinajstić information content (AvgIpc) is 3.43. The molecule has 0 spiro atoms. The summed E-state index contributed by atoms with van der Waals surface area (Å²) < 4.78 is 0. The molecule has 130 valence electrons. The van der Waals surface area contributed by atoms with E-state index in [0.29, 0.717) is 5.69 Å². The molecule has 0 unspecified atom stereocenters. The number of carbonyl (C=O) groups excluding carboxylic acids is 2. The van der Waals surface area contributed by atoms with Gasteiger partial charge < -0.3 is 11.1 Å². The van der Waals surface area contributed by atoms with Crippen LogP contribution < -0.4 is 11.1 Å². The lowest BCUT2D eigenvalue weighted by atomic mass is 10.00. The van der Waals surface area contributed by atoms with Crippen molar-refractivity contribution in [2.45, 2.75) is 18.8 Å². The lowest BCUT2D eigenvalue weighted by Crippen LogP contribution is -2.18. The summed E-state index contributed by atoms with van der Waals surface area (Å²) in [6.45, 7) is 0.